The zero-order valence-corrected chi connectivity index (χ0v) is 10.1. The number of thiol groups is 1. The maximum Gasteiger partial charge on any atom is 0.321 e. The van der Waals surface area contributed by atoms with Gasteiger partial charge in [-0.2, -0.15) is 12.6 Å². The van der Waals surface area contributed by atoms with E-state index in [1.165, 1.54) is 18.2 Å². The molecule has 1 aromatic rings. The lowest BCUT2D eigenvalue weighted by atomic mass is 10.1. The summed E-state index contributed by atoms with van der Waals surface area (Å²) in [5, 5.41) is 31.5. The number of phenols is 1. The van der Waals surface area contributed by atoms with Gasteiger partial charge in [-0.3, -0.25) is 20.2 Å². The molecule has 0 heterocycles. The van der Waals surface area contributed by atoms with Gasteiger partial charge in [-0.15, -0.1) is 0 Å². The molecule has 0 amide bonds. The average molecular weight is 272 g/mol. The number of carboxylic acid groups (broad SMARTS) is 1. The third-order valence-corrected chi connectivity index (χ3v) is 2.66. The summed E-state index contributed by atoms with van der Waals surface area (Å²) in [6.07, 6.45) is 0. The van der Waals surface area contributed by atoms with Crippen molar-refractivity contribution in [2.75, 3.05) is 5.75 Å². The monoisotopic (exact) mass is 272 g/mol. The van der Waals surface area contributed by atoms with E-state index < -0.39 is 16.9 Å². The summed E-state index contributed by atoms with van der Waals surface area (Å²) in [7, 11) is 0. The molecule has 0 aliphatic heterocycles. The molecule has 1 atom stereocenters. The van der Waals surface area contributed by atoms with Crippen LogP contribution >= 0.6 is 12.6 Å². The lowest BCUT2D eigenvalue weighted by Crippen LogP contribution is -2.37. The summed E-state index contributed by atoms with van der Waals surface area (Å²) in [5.74, 6) is -1.13. The minimum absolute atomic E-state index is 0.00500. The third-order valence-electron chi connectivity index (χ3n) is 2.29. The van der Waals surface area contributed by atoms with Crippen molar-refractivity contribution in [3.05, 3.63) is 33.9 Å². The summed E-state index contributed by atoms with van der Waals surface area (Å²) >= 11 is 3.87. The fraction of sp³-hybridized carbons (Fsp3) is 0.300. The van der Waals surface area contributed by atoms with Crippen molar-refractivity contribution in [3.63, 3.8) is 0 Å². The number of nitrogens with zero attached hydrogens (tertiary/aromatic N) is 1. The van der Waals surface area contributed by atoms with E-state index in [-0.39, 0.29) is 29.3 Å². The van der Waals surface area contributed by atoms with Crippen LogP contribution in [-0.4, -0.2) is 32.9 Å². The van der Waals surface area contributed by atoms with Gasteiger partial charge in [0.25, 0.3) is 5.69 Å². The molecule has 1 unspecified atom stereocenters. The largest absolute Gasteiger partial charge is 0.508 e. The first-order chi connectivity index (χ1) is 8.45. The van der Waals surface area contributed by atoms with Crippen LogP contribution in [0.2, 0.25) is 0 Å². The number of non-ortho nitro benzene ring substituents is 1. The molecule has 0 radical (unpaired) electrons. The topological polar surface area (TPSA) is 113 Å². The quantitative estimate of drug-likeness (QED) is 0.346. The van der Waals surface area contributed by atoms with Crippen molar-refractivity contribution < 1.29 is 19.9 Å². The molecule has 18 heavy (non-hydrogen) atoms. The van der Waals surface area contributed by atoms with Gasteiger partial charge in [0.2, 0.25) is 0 Å². The molecule has 0 aliphatic rings. The van der Waals surface area contributed by atoms with E-state index in [0.29, 0.717) is 0 Å². The van der Waals surface area contributed by atoms with E-state index in [0.717, 1.165) is 0 Å². The number of carbonyl (C=O) groups is 1. The Kier molecular flexibility index (Phi) is 4.93. The number of hydrogen-bond acceptors (Lipinski definition) is 6. The minimum Gasteiger partial charge on any atom is -0.508 e. The van der Waals surface area contributed by atoms with Crippen molar-refractivity contribution in [3.8, 4) is 5.75 Å². The van der Waals surface area contributed by atoms with Crippen molar-refractivity contribution in [1.82, 2.24) is 5.32 Å². The van der Waals surface area contributed by atoms with Crippen molar-refractivity contribution in [2.24, 2.45) is 0 Å². The Balaban J connectivity index is 2.80. The van der Waals surface area contributed by atoms with Gasteiger partial charge in [0.05, 0.1) is 4.92 Å². The van der Waals surface area contributed by atoms with E-state index in [4.69, 9.17) is 5.11 Å². The van der Waals surface area contributed by atoms with Crippen LogP contribution in [0.25, 0.3) is 0 Å². The normalized spacial score (nSPS) is 12.1. The maximum absolute atomic E-state index is 10.7. The number of rotatable bonds is 6. The molecule has 0 aliphatic carbocycles. The standard InChI is InChI=1S/C10H12N2O5S/c13-9-2-1-7(12(16)17)3-6(9)4-11-8(5-18)10(14)15/h1-3,8,11,13,18H,4-5H2,(H,14,15). The van der Waals surface area contributed by atoms with Crippen LogP contribution in [0.15, 0.2) is 18.2 Å². The molecular formula is C10H12N2O5S. The SMILES string of the molecule is O=C(O)C(CS)NCc1cc([N+](=O)[O-])ccc1O. The van der Waals surface area contributed by atoms with Gasteiger partial charge in [0.15, 0.2) is 0 Å². The van der Waals surface area contributed by atoms with Crippen LogP contribution in [0.1, 0.15) is 5.56 Å². The number of aliphatic carboxylic acids is 1. The number of hydrogen-bond donors (Lipinski definition) is 4. The van der Waals surface area contributed by atoms with Crippen LogP contribution in [0.4, 0.5) is 5.69 Å². The number of nitro groups is 1. The molecule has 8 heteroatoms. The summed E-state index contributed by atoms with van der Waals surface area (Å²) in [6, 6.07) is 2.68. The van der Waals surface area contributed by atoms with Gasteiger partial charge in [-0.25, -0.2) is 0 Å². The number of nitro benzene ring substituents is 1. The molecule has 0 saturated carbocycles. The summed E-state index contributed by atoms with van der Waals surface area (Å²) in [5.41, 5.74) is 0.0968. The van der Waals surface area contributed by atoms with Crippen LogP contribution < -0.4 is 5.32 Å². The van der Waals surface area contributed by atoms with Gasteiger partial charge in [-0.05, 0) is 6.07 Å². The highest BCUT2D eigenvalue weighted by molar-refractivity contribution is 7.80. The fourth-order valence-corrected chi connectivity index (χ4v) is 1.58. The summed E-state index contributed by atoms with van der Waals surface area (Å²) < 4.78 is 0. The molecule has 0 saturated heterocycles. The van der Waals surface area contributed by atoms with Gasteiger partial charge in [0.1, 0.15) is 11.8 Å². The molecule has 3 N–H and O–H groups in total. The Morgan fingerprint density at radius 2 is 2.22 bits per heavy atom. The van der Waals surface area contributed by atoms with E-state index >= 15 is 0 Å². The maximum atomic E-state index is 10.7. The predicted octanol–water partition coefficient (Wildman–Crippen LogP) is 0.773. The second kappa shape index (κ2) is 6.22. The number of benzene rings is 1. The first-order valence-corrected chi connectivity index (χ1v) is 5.62. The second-order valence-corrected chi connectivity index (χ2v) is 3.89. The number of nitrogens with one attached hydrogen (secondary N) is 1. The number of carboxylic acids is 1. The van der Waals surface area contributed by atoms with Gasteiger partial charge >= 0.3 is 5.97 Å². The Morgan fingerprint density at radius 3 is 2.72 bits per heavy atom. The minimum atomic E-state index is -1.07. The fourth-order valence-electron chi connectivity index (χ4n) is 1.29. The molecule has 7 nitrogen and oxygen atoms in total. The molecule has 98 valence electrons. The van der Waals surface area contributed by atoms with Crippen LogP contribution in [-0.2, 0) is 11.3 Å². The number of aromatic hydroxyl groups is 1. The first-order valence-electron chi connectivity index (χ1n) is 4.99. The highest BCUT2D eigenvalue weighted by Gasteiger charge is 2.16. The molecular weight excluding hydrogens is 260 g/mol. The zero-order chi connectivity index (χ0) is 13.7. The Hall–Kier alpha value is -1.80. The first kappa shape index (κ1) is 14.3. The number of phenolic OH excluding ortho intramolecular Hbond substituents is 1. The van der Waals surface area contributed by atoms with Crippen molar-refractivity contribution in [2.45, 2.75) is 12.6 Å². The second-order valence-electron chi connectivity index (χ2n) is 3.52. The molecule has 1 aromatic carbocycles. The van der Waals surface area contributed by atoms with Crippen LogP contribution in [0.5, 0.6) is 5.75 Å². The highest BCUT2D eigenvalue weighted by Crippen LogP contribution is 2.22. The Bertz CT molecular complexity index is 466. The Labute approximate surface area is 108 Å². The molecule has 0 aromatic heterocycles. The molecule has 0 fully saturated rings. The van der Waals surface area contributed by atoms with Crippen LogP contribution in [0, 0.1) is 10.1 Å². The lowest BCUT2D eigenvalue weighted by molar-refractivity contribution is -0.384. The lowest BCUT2D eigenvalue weighted by Gasteiger charge is -2.12. The van der Waals surface area contributed by atoms with Crippen molar-refractivity contribution in [1.29, 1.82) is 0 Å². The van der Waals surface area contributed by atoms with E-state index in [1.54, 1.807) is 0 Å². The molecule has 0 spiro atoms. The summed E-state index contributed by atoms with van der Waals surface area (Å²) in [6.45, 7) is 0.00500. The molecule has 1 rings (SSSR count). The average Bonchev–Trinajstić information content (AvgIpc) is 2.31. The summed E-state index contributed by atoms with van der Waals surface area (Å²) in [4.78, 5) is 20.7. The van der Waals surface area contributed by atoms with E-state index in [2.05, 4.69) is 17.9 Å². The van der Waals surface area contributed by atoms with Gasteiger partial charge < -0.3 is 10.2 Å². The zero-order valence-electron chi connectivity index (χ0n) is 9.24. The predicted molar refractivity (Wildman–Crippen MR) is 66.9 cm³/mol. The highest BCUT2D eigenvalue weighted by atomic mass is 32.1. The third kappa shape index (κ3) is 3.60. The van der Waals surface area contributed by atoms with Crippen molar-refractivity contribution >= 4 is 24.3 Å². The van der Waals surface area contributed by atoms with Gasteiger partial charge in [-0.1, -0.05) is 0 Å². The van der Waals surface area contributed by atoms with E-state index in [9.17, 15) is 20.0 Å². The smallest absolute Gasteiger partial charge is 0.321 e. The Morgan fingerprint density at radius 1 is 1.56 bits per heavy atom. The van der Waals surface area contributed by atoms with E-state index in [1.807, 2.05) is 0 Å². The van der Waals surface area contributed by atoms with Crippen LogP contribution in [0.3, 0.4) is 0 Å². The van der Waals surface area contributed by atoms with Gasteiger partial charge in [0, 0.05) is 30.0 Å². The molecule has 0 bridgehead atoms.